The van der Waals surface area contributed by atoms with Gasteiger partial charge in [0.25, 0.3) is 5.91 Å². The van der Waals surface area contributed by atoms with Crippen LogP contribution < -0.4 is 11.1 Å². The van der Waals surface area contributed by atoms with Gasteiger partial charge in [0, 0.05) is 11.9 Å². The number of aromatic nitrogens is 3. The molecule has 7 nitrogen and oxygen atoms in total. The number of carbonyl (C=O) groups excluding carboxylic acids is 1. The Morgan fingerprint density at radius 3 is 2.61 bits per heavy atom. The molecule has 11 heteroatoms. The van der Waals surface area contributed by atoms with Gasteiger partial charge in [-0.05, 0) is 54.6 Å². The first-order chi connectivity index (χ1) is 14.7. The van der Waals surface area contributed by atoms with E-state index < -0.39 is 29.5 Å². The summed E-state index contributed by atoms with van der Waals surface area (Å²) < 4.78 is 53.5. The summed E-state index contributed by atoms with van der Waals surface area (Å²) in [6, 6.07) is 7.03. The first-order valence-electron chi connectivity index (χ1n) is 9.51. The zero-order valence-corrected chi connectivity index (χ0v) is 16.2. The normalized spacial score (nSPS) is 15.5. The van der Waals surface area contributed by atoms with Crippen LogP contribution in [0.4, 0.5) is 23.4 Å². The van der Waals surface area contributed by atoms with Crippen molar-refractivity contribution in [3.05, 3.63) is 58.9 Å². The monoisotopic (exact) mass is 434 g/mol. The van der Waals surface area contributed by atoms with Crippen LogP contribution in [0.3, 0.4) is 0 Å². The number of halogens is 4. The molecule has 1 amide bonds. The molecule has 2 aromatic carbocycles. The molecular weight excluding hydrogens is 416 g/mol. The Balaban J connectivity index is 1.75. The lowest BCUT2D eigenvalue weighted by Gasteiger charge is -2.35. The summed E-state index contributed by atoms with van der Waals surface area (Å²) in [7, 11) is 0. The summed E-state index contributed by atoms with van der Waals surface area (Å²) >= 11 is 0. The molecule has 0 spiro atoms. The van der Waals surface area contributed by atoms with Crippen molar-refractivity contribution in [2.24, 2.45) is 5.73 Å². The van der Waals surface area contributed by atoms with Crippen LogP contribution in [0.25, 0.3) is 10.9 Å². The van der Waals surface area contributed by atoms with Crippen LogP contribution in [-0.2, 0) is 6.18 Å². The van der Waals surface area contributed by atoms with Gasteiger partial charge in [-0.3, -0.25) is 4.79 Å². The number of primary amides is 1. The molecule has 1 aliphatic heterocycles. The van der Waals surface area contributed by atoms with Gasteiger partial charge in [-0.15, -0.1) is 10.2 Å². The van der Waals surface area contributed by atoms with E-state index in [2.05, 4.69) is 25.6 Å². The molecule has 1 aromatic heterocycles. The number of rotatable bonds is 6. The van der Waals surface area contributed by atoms with Crippen LogP contribution in [0, 0.1) is 5.82 Å². The number of amides is 1. The molecule has 1 unspecified atom stereocenters. The van der Waals surface area contributed by atoms with Gasteiger partial charge in [0.15, 0.2) is 5.82 Å². The number of likely N-dealkylation sites (tertiary alicyclic amines) is 1. The van der Waals surface area contributed by atoms with E-state index in [4.69, 9.17) is 5.73 Å². The first kappa shape index (κ1) is 20.9. The molecule has 0 radical (unpaired) electrons. The third kappa shape index (κ3) is 4.26. The Hall–Kier alpha value is -3.34. The largest absolute Gasteiger partial charge is 0.419 e. The number of nitrogens with one attached hydrogen (secondary N) is 1. The van der Waals surface area contributed by atoms with Crippen LogP contribution in [0.15, 0.2) is 36.4 Å². The standard InChI is InChI=1S/C20H18F4N6O/c21-15-6-5-11(9-14(15)20(22,23)24)16(10-30-7-2-8-30)26-19-13-4-1-3-12(18(25)31)17(13)27-29-28-19/h1,3-6,9,16H,2,7-8,10H2,(H2,25,31)(H,26,27,28). The van der Waals surface area contributed by atoms with E-state index in [1.54, 1.807) is 12.1 Å². The van der Waals surface area contributed by atoms with Crippen molar-refractivity contribution in [1.82, 2.24) is 20.3 Å². The third-order valence-electron chi connectivity index (χ3n) is 5.24. The molecule has 1 fully saturated rings. The Kier molecular flexibility index (Phi) is 5.44. The van der Waals surface area contributed by atoms with Crippen molar-refractivity contribution in [3.63, 3.8) is 0 Å². The highest BCUT2D eigenvalue weighted by atomic mass is 19.4. The van der Waals surface area contributed by atoms with Crippen LogP contribution in [0.2, 0.25) is 0 Å². The van der Waals surface area contributed by atoms with E-state index in [9.17, 15) is 22.4 Å². The smallest absolute Gasteiger partial charge is 0.366 e. The van der Waals surface area contributed by atoms with E-state index in [1.807, 2.05) is 0 Å². The van der Waals surface area contributed by atoms with Crippen molar-refractivity contribution in [2.45, 2.75) is 18.6 Å². The highest BCUT2D eigenvalue weighted by Gasteiger charge is 2.35. The molecule has 0 saturated carbocycles. The van der Waals surface area contributed by atoms with Crippen LogP contribution in [0.5, 0.6) is 0 Å². The molecule has 0 bridgehead atoms. The molecule has 3 aromatic rings. The van der Waals surface area contributed by atoms with E-state index in [1.165, 1.54) is 12.1 Å². The minimum atomic E-state index is -4.82. The van der Waals surface area contributed by atoms with Gasteiger partial charge in [-0.2, -0.15) is 13.2 Å². The second-order valence-corrected chi connectivity index (χ2v) is 7.29. The molecule has 2 heterocycles. The number of benzene rings is 2. The Bertz CT molecular complexity index is 1130. The Labute approximate surface area is 174 Å². The topological polar surface area (TPSA) is 97.0 Å². The summed E-state index contributed by atoms with van der Waals surface area (Å²) in [5.41, 5.74) is 4.68. The molecule has 31 heavy (non-hydrogen) atoms. The van der Waals surface area contributed by atoms with E-state index in [0.29, 0.717) is 11.9 Å². The lowest BCUT2D eigenvalue weighted by molar-refractivity contribution is -0.140. The van der Waals surface area contributed by atoms with Crippen molar-refractivity contribution < 1.29 is 22.4 Å². The van der Waals surface area contributed by atoms with Crippen LogP contribution in [0.1, 0.15) is 33.9 Å². The zero-order valence-electron chi connectivity index (χ0n) is 16.2. The van der Waals surface area contributed by atoms with E-state index in [-0.39, 0.29) is 22.5 Å². The fourth-order valence-corrected chi connectivity index (χ4v) is 3.51. The predicted molar refractivity (Wildman–Crippen MR) is 105 cm³/mol. The summed E-state index contributed by atoms with van der Waals surface area (Å²) in [4.78, 5) is 13.7. The molecule has 0 aliphatic carbocycles. The molecule has 162 valence electrons. The number of nitrogens with two attached hydrogens (primary N) is 1. The summed E-state index contributed by atoms with van der Waals surface area (Å²) in [5, 5.41) is 15.1. The van der Waals surface area contributed by atoms with Crippen molar-refractivity contribution in [2.75, 3.05) is 25.0 Å². The van der Waals surface area contributed by atoms with E-state index >= 15 is 0 Å². The third-order valence-corrected chi connectivity index (χ3v) is 5.24. The average molecular weight is 434 g/mol. The maximum absolute atomic E-state index is 13.8. The zero-order chi connectivity index (χ0) is 22.2. The number of hydrogen-bond donors (Lipinski definition) is 2. The van der Waals surface area contributed by atoms with E-state index in [0.717, 1.165) is 31.6 Å². The van der Waals surface area contributed by atoms with Gasteiger partial charge < -0.3 is 16.0 Å². The Morgan fingerprint density at radius 1 is 1.19 bits per heavy atom. The number of nitrogens with zero attached hydrogens (tertiary/aromatic N) is 4. The van der Waals surface area contributed by atoms with Crippen molar-refractivity contribution >= 4 is 22.6 Å². The number of alkyl halides is 3. The lowest BCUT2D eigenvalue weighted by Crippen LogP contribution is -2.41. The fraction of sp³-hybridized carbons (Fsp3) is 0.300. The lowest BCUT2D eigenvalue weighted by atomic mass is 10.0. The minimum absolute atomic E-state index is 0.149. The number of anilines is 1. The minimum Gasteiger partial charge on any atom is -0.366 e. The van der Waals surface area contributed by atoms with Gasteiger partial charge >= 0.3 is 6.18 Å². The van der Waals surface area contributed by atoms with Gasteiger partial charge in [0.2, 0.25) is 0 Å². The summed E-state index contributed by atoms with van der Waals surface area (Å²) in [6.45, 7) is 1.99. The molecule has 1 atom stereocenters. The van der Waals surface area contributed by atoms with Crippen LogP contribution in [-0.4, -0.2) is 45.9 Å². The first-order valence-corrected chi connectivity index (χ1v) is 9.51. The van der Waals surface area contributed by atoms with Gasteiger partial charge in [0.1, 0.15) is 11.3 Å². The molecule has 4 rings (SSSR count). The van der Waals surface area contributed by atoms with Gasteiger partial charge in [0.05, 0.1) is 17.2 Å². The Morgan fingerprint density at radius 2 is 1.97 bits per heavy atom. The maximum atomic E-state index is 13.8. The average Bonchev–Trinajstić information content (AvgIpc) is 2.68. The number of fused-ring (bicyclic) bond motifs is 1. The highest BCUT2D eigenvalue weighted by molar-refractivity contribution is 6.06. The van der Waals surface area contributed by atoms with Gasteiger partial charge in [-0.25, -0.2) is 4.39 Å². The number of carbonyl (C=O) groups is 1. The quantitative estimate of drug-likeness (QED) is 0.579. The molecular formula is C20H18F4N6O. The van der Waals surface area contributed by atoms with Gasteiger partial charge in [-0.1, -0.05) is 12.1 Å². The highest BCUT2D eigenvalue weighted by Crippen LogP contribution is 2.34. The second kappa shape index (κ2) is 8.06. The molecule has 1 saturated heterocycles. The predicted octanol–water partition coefficient (Wildman–Crippen LogP) is 3.14. The van der Waals surface area contributed by atoms with Crippen molar-refractivity contribution in [3.8, 4) is 0 Å². The molecule has 3 N–H and O–H groups in total. The summed E-state index contributed by atoms with van der Waals surface area (Å²) in [5.74, 6) is -1.79. The second-order valence-electron chi connectivity index (χ2n) is 7.29. The van der Waals surface area contributed by atoms with Crippen molar-refractivity contribution in [1.29, 1.82) is 0 Å². The summed E-state index contributed by atoms with van der Waals surface area (Å²) in [6.07, 6.45) is -3.83. The molecule has 1 aliphatic rings. The van der Waals surface area contributed by atoms with Crippen LogP contribution >= 0.6 is 0 Å². The number of hydrogen-bond acceptors (Lipinski definition) is 6. The SMILES string of the molecule is NC(=O)c1cccc2c(NC(CN3CCC3)c3ccc(F)c(C(F)(F)F)c3)nnnc12. The fourth-order valence-electron chi connectivity index (χ4n) is 3.51. The maximum Gasteiger partial charge on any atom is 0.419 e.